The Hall–Kier alpha value is -2.04. The fraction of sp³-hybridized carbons (Fsp3) is 0.273. The van der Waals surface area contributed by atoms with E-state index in [1.54, 1.807) is 19.9 Å². The molecule has 0 spiro atoms. The van der Waals surface area contributed by atoms with Crippen molar-refractivity contribution in [3.63, 3.8) is 0 Å². The highest BCUT2D eigenvalue weighted by molar-refractivity contribution is 5.93. The smallest absolute Gasteiger partial charge is 0.376 e. The van der Waals surface area contributed by atoms with Crippen LogP contribution in [0.1, 0.15) is 23.4 Å². The quantitative estimate of drug-likeness (QED) is 0.744. The molecule has 0 unspecified atom stereocenters. The van der Waals surface area contributed by atoms with Crippen molar-refractivity contribution >= 4 is 5.97 Å². The number of esters is 1. The summed E-state index contributed by atoms with van der Waals surface area (Å²) < 4.78 is 15.0. The van der Waals surface area contributed by atoms with Crippen LogP contribution in [-0.4, -0.2) is 17.6 Å². The lowest BCUT2D eigenvalue weighted by molar-refractivity contribution is 0.0490. The molecule has 0 fully saturated rings. The maximum atomic E-state index is 11.6. The van der Waals surface area contributed by atoms with Crippen molar-refractivity contribution in [2.75, 3.05) is 6.61 Å². The van der Waals surface area contributed by atoms with Gasteiger partial charge in [0.1, 0.15) is 5.69 Å². The van der Waals surface area contributed by atoms with Crippen molar-refractivity contribution in [1.82, 2.24) is 4.98 Å². The van der Waals surface area contributed by atoms with Gasteiger partial charge in [-0.15, -0.1) is 0 Å². The van der Waals surface area contributed by atoms with Crippen LogP contribution < -0.4 is 0 Å². The molecule has 0 bridgehead atoms. The molecule has 0 radical (unpaired) electrons. The van der Waals surface area contributed by atoms with Gasteiger partial charge < -0.3 is 13.6 Å². The third-order valence-electron chi connectivity index (χ3n) is 1.99. The summed E-state index contributed by atoms with van der Waals surface area (Å²) in [6, 6.07) is 1.71. The fourth-order valence-electron chi connectivity index (χ4n) is 1.36. The first-order chi connectivity index (χ1) is 7.72. The standard InChI is InChI=1S/C11H11NO4/c1-3-15-11(13)10-9(12-7(2)16-10)8-4-5-14-6-8/h4-6H,3H2,1-2H3. The van der Waals surface area contributed by atoms with Gasteiger partial charge in [0.05, 0.1) is 19.1 Å². The highest BCUT2D eigenvalue weighted by Crippen LogP contribution is 2.24. The predicted octanol–water partition coefficient (Wildman–Crippen LogP) is 2.42. The van der Waals surface area contributed by atoms with E-state index in [1.165, 1.54) is 12.5 Å². The molecule has 0 atom stereocenters. The van der Waals surface area contributed by atoms with Gasteiger partial charge in [0.25, 0.3) is 0 Å². The number of ether oxygens (including phenoxy) is 1. The molecule has 2 aromatic heterocycles. The average molecular weight is 221 g/mol. The number of rotatable bonds is 3. The molecule has 0 N–H and O–H groups in total. The summed E-state index contributed by atoms with van der Waals surface area (Å²) in [7, 11) is 0. The molecule has 84 valence electrons. The van der Waals surface area contributed by atoms with Gasteiger partial charge in [0.2, 0.25) is 5.76 Å². The SMILES string of the molecule is CCOC(=O)c1oc(C)nc1-c1ccoc1. The fourth-order valence-corrected chi connectivity index (χ4v) is 1.36. The van der Waals surface area contributed by atoms with Crippen LogP contribution in [-0.2, 0) is 4.74 Å². The van der Waals surface area contributed by atoms with Crippen LogP contribution in [0.4, 0.5) is 0 Å². The maximum absolute atomic E-state index is 11.6. The van der Waals surface area contributed by atoms with Gasteiger partial charge in [-0.3, -0.25) is 0 Å². The summed E-state index contributed by atoms with van der Waals surface area (Å²) in [6.07, 6.45) is 3.01. The van der Waals surface area contributed by atoms with Crippen LogP contribution in [0.2, 0.25) is 0 Å². The molecule has 16 heavy (non-hydrogen) atoms. The second kappa shape index (κ2) is 4.22. The van der Waals surface area contributed by atoms with E-state index >= 15 is 0 Å². The van der Waals surface area contributed by atoms with Crippen molar-refractivity contribution in [1.29, 1.82) is 0 Å². The van der Waals surface area contributed by atoms with Crippen LogP contribution in [0.3, 0.4) is 0 Å². The Morgan fingerprint density at radius 1 is 1.56 bits per heavy atom. The first-order valence-electron chi connectivity index (χ1n) is 4.89. The van der Waals surface area contributed by atoms with Crippen molar-refractivity contribution < 1.29 is 18.4 Å². The first kappa shape index (κ1) is 10.5. The molecule has 2 heterocycles. The summed E-state index contributed by atoms with van der Waals surface area (Å²) in [6.45, 7) is 3.70. The lowest BCUT2D eigenvalue weighted by Crippen LogP contribution is -2.04. The topological polar surface area (TPSA) is 65.5 Å². The summed E-state index contributed by atoms with van der Waals surface area (Å²) in [4.78, 5) is 15.7. The summed E-state index contributed by atoms with van der Waals surface area (Å²) >= 11 is 0. The van der Waals surface area contributed by atoms with Crippen molar-refractivity contribution in [2.45, 2.75) is 13.8 Å². The molecule has 0 saturated heterocycles. The minimum atomic E-state index is -0.515. The average Bonchev–Trinajstić information content (AvgIpc) is 2.85. The summed E-state index contributed by atoms with van der Waals surface area (Å²) in [5, 5.41) is 0. The van der Waals surface area contributed by atoms with E-state index in [0.717, 1.165) is 0 Å². The molecule has 0 aliphatic carbocycles. The number of furan rings is 1. The van der Waals surface area contributed by atoms with Gasteiger partial charge in [-0.05, 0) is 13.0 Å². The Balaban J connectivity index is 2.42. The Kier molecular flexibility index (Phi) is 2.76. The van der Waals surface area contributed by atoms with Crippen LogP contribution >= 0.6 is 0 Å². The van der Waals surface area contributed by atoms with Crippen LogP contribution in [0, 0.1) is 6.92 Å². The Morgan fingerprint density at radius 3 is 3.00 bits per heavy atom. The second-order valence-electron chi connectivity index (χ2n) is 3.14. The third kappa shape index (κ3) is 1.84. The van der Waals surface area contributed by atoms with Gasteiger partial charge in [0.15, 0.2) is 5.89 Å². The van der Waals surface area contributed by atoms with Gasteiger partial charge in [-0.2, -0.15) is 0 Å². The summed E-state index contributed by atoms with van der Waals surface area (Å²) in [5.41, 5.74) is 1.14. The van der Waals surface area contributed by atoms with E-state index in [9.17, 15) is 4.79 Å². The second-order valence-corrected chi connectivity index (χ2v) is 3.14. The van der Waals surface area contributed by atoms with E-state index in [2.05, 4.69) is 4.98 Å². The van der Waals surface area contributed by atoms with Crippen LogP contribution in [0.25, 0.3) is 11.3 Å². The zero-order chi connectivity index (χ0) is 11.5. The van der Waals surface area contributed by atoms with Gasteiger partial charge in [-0.25, -0.2) is 9.78 Å². The van der Waals surface area contributed by atoms with E-state index in [0.29, 0.717) is 23.8 Å². The zero-order valence-corrected chi connectivity index (χ0v) is 9.02. The van der Waals surface area contributed by atoms with Gasteiger partial charge >= 0.3 is 5.97 Å². The van der Waals surface area contributed by atoms with Crippen LogP contribution in [0.15, 0.2) is 27.4 Å². The lowest BCUT2D eigenvalue weighted by atomic mass is 10.2. The summed E-state index contributed by atoms with van der Waals surface area (Å²) in [5.74, 6) is 0.0132. The van der Waals surface area contributed by atoms with E-state index in [-0.39, 0.29) is 5.76 Å². The largest absolute Gasteiger partial charge is 0.472 e. The lowest BCUT2D eigenvalue weighted by Gasteiger charge is -1.98. The number of nitrogens with zero attached hydrogens (tertiary/aromatic N) is 1. The van der Waals surface area contributed by atoms with Crippen molar-refractivity contribution in [3.8, 4) is 11.3 Å². The highest BCUT2D eigenvalue weighted by Gasteiger charge is 2.21. The molecule has 0 amide bonds. The van der Waals surface area contributed by atoms with Crippen molar-refractivity contribution in [2.24, 2.45) is 0 Å². The number of aryl methyl sites for hydroxylation is 1. The predicted molar refractivity (Wildman–Crippen MR) is 54.9 cm³/mol. The van der Waals surface area contributed by atoms with E-state index in [1.807, 2.05) is 0 Å². The normalized spacial score (nSPS) is 10.4. The third-order valence-corrected chi connectivity index (χ3v) is 1.99. The molecule has 0 aliphatic rings. The molecule has 0 aromatic carbocycles. The highest BCUT2D eigenvalue weighted by atomic mass is 16.5. The zero-order valence-electron chi connectivity index (χ0n) is 9.02. The van der Waals surface area contributed by atoms with E-state index in [4.69, 9.17) is 13.6 Å². The number of aromatic nitrogens is 1. The van der Waals surface area contributed by atoms with Gasteiger partial charge in [0, 0.05) is 12.5 Å². The minimum Gasteiger partial charge on any atom is -0.472 e. The molecule has 5 nitrogen and oxygen atoms in total. The molecule has 2 rings (SSSR count). The number of oxazole rings is 1. The number of hydrogen-bond acceptors (Lipinski definition) is 5. The van der Waals surface area contributed by atoms with E-state index < -0.39 is 5.97 Å². The maximum Gasteiger partial charge on any atom is 0.376 e. The number of carbonyl (C=O) groups is 1. The monoisotopic (exact) mass is 221 g/mol. The van der Waals surface area contributed by atoms with Gasteiger partial charge in [-0.1, -0.05) is 0 Å². The minimum absolute atomic E-state index is 0.112. The molecule has 0 aliphatic heterocycles. The number of carbonyl (C=O) groups excluding carboxylic acids is 1. The molecule has 5 heteroatoms. The Labute approximate surface area is 92.0 Å². The van der Waals surface area contributed by atoms with Crippen LogP contribution in [0.5, 0.6) is 0 Å². The molecular weight excluding hydrogens is 210 g/mol. The first-order valence-corrected chi connectivity index (χ1v) is 4.89. The molecular formula is C11H11NO4. The van der Waals surface area contributed by atoms with Crippen molar-refractivity contribution in [3.05, 3.63) is 30.2 Å². The number of hydrogen-bond donors (Lipinski definition) is 0. The Bertz CT molecular complexity index is 484. The molecule has 2 aromatic rings. The Morgan fingerprint density at radius 2 is 2.38 bits per heavy atom. The molecule has 0 saturated carbocycles.